The molecule has 114 valence electrons. The maximum Gasteiger partial charge on any atom is 0.265 e. The van der Waals surface area contributed by atoms with Gasteiger partial charge in [-0.05, 0) is 43.7 Å². The lowest BCUT2D eigenvalue weighted by Crippen LogP contribution is -2.34. The highest BCUT2D eigenvalue weighted by Gasteiger charge is 2.23. The molecule has 1 heterocycles. The van der Waals surface area contributed by atoms with Gasteiger partial charge in [-0.2, -0.15) is 0 Å². The Kier molecular flexibility index (Phi) is 3.94. The Morgan fingerprint density at radius 1 is 1.27 bits per heavy atom. The molecule has 1 amide bonds. The number of nitrogens with one attached hydrogen (secondary N) is 2. The van der Waals surface area contributed by atoms with Crippen molar-refractivity contribution in [1.29, 1.82) is 0 Å². The van der Waals surface area contributed by atoms with Crippen LogP contribution in [0.1, 0.15) is 25.5 Å². The largest absolute Gasteiger partial charge is 0.479 e. The number of rotatable bonds is 3. The number of halogens is 1. The summed E-state index contributed by atoms with van der Waals surface area (Å²) < 4.78 is 5.55. The third kappa shape index (κ3) is 2.88. The molecule has 5 heteroatoms. The number of hydrogen-bond donors (Lipinski definition) is 2. The van der Waals surface area contributed by atoms with Crippen molar-refractivity contribution in [2.75, 3.05) is 10.6 Å². The number of anilines is 2. The van der Waals surface area contributed by atoms with Crippen molar-refractivity contribution < 1.29 is 9.53 Å². The molecule has 0 saturated carbocycles. The fourth-order valence-corrected chi connectivity index (χ4v) is 2.75. The summed E-state index contributed by atoms with van der Waals surface area (Å²) in [4.78, 5) is 11.7. The van der Waals surface area contributed by atoms with Crippen LogP contribution in [0.15, 0.2) is 42.5 Å². The minimum absolute atomic E-state index is 0.0471. The highest BCUT2D eigenvalue weighted by molar-refractivity contribution is 6.31. The average molecular weight is 317 g/mol. The zero-order valence-corrected chi connectivity index (χ0v) is 13.1. The van der Waals surface area contributed by atoms with Gasteiger partial charge in [0.15, 0.2) is 6.10 Å². The van der Waals surface area contributed by atoms with E-state index in [1.807, 2.05) is 49.4 Å². The zero-order valence-electron chi connectivity index (χ0n) is 12.4. The van der Waals surface area contributed by atoms with Gasteiger partial charge in [0, 0.05) is 16.8 Å². The number of ether oxygens (including phenoxy) is 1. The van der Waals surface area contributed by atoms with Crippen LogP contribution < -0.4 is 15.4 Å². The lowest BCUT2D eigenvalue weighted by molar-refractivity contribution is -0.122. The van der Waals surface area contributed by atoms with Crippen molar-refractivity contribution in [3.63, 3.8) is 0 Å². The highest BCUT2D eigenvalue weighted by Crippen LogP contribution is 2.34. The first-order chi connectivity index (χ1) is 10.5. The molecule has 0 radical (unpaired) electrons. The second kappa shape index (κ2) is 5.89. The molecule has 1 aliphatic heterocycles. The fourth-order valence-electron chi connectivity index (χ4n) is 2.45. The van der Waals surface area contributed by atoms with Gasteiger partial charge in [0.1, 0.15) is 5.75 Å². The molecule has 0 aromatic heterocycles. The van der Waals surface area contributed by atoms with E-state index in [0.29, 0.717) is 11.4 Å². The summed E-state index contributed by atoms with van der Waals surface area (Å²) in [6, 6.07) is 13.4. The van der Waals surface area contributed by atoms with E-state index in [1.165, 1.54) is 0 Å². The molecule has 0 spiro atoms. The third-order valence-corrected chi connectivity index (χ3v) is 4.01. The second-order valence-electron chi connectivity index (χ2n) is 5.35. The first-order valence-corrected chi connectivity index (χ1v) is 7.55. The van der Waals surface area contributed by atoms with Crippen molar-refractivity contribution in [2.45, 2.75) is 26.0 Å². The fraction of sp³-hybridized carbons (Fsp3) is 0.235. The topological polar surface area (TPSA) is 50.4 Å². The van der Waals surface area contributed by atoms with Crippen LogP contribution in [0.25, 0.3) is 0 Å². The molecule has 2 aromatic rings. The molecular weight excluding hydrogens is 300 g/mol. The van der Waals surface area contributed by atoms with E-state index >= 15 is 0 Å². The minimum Gasteiger partial charge on any atom is -0.479 e. The molecule has 0 aliphatic carbocycles. The van der Waals surface area contributed by atoms with Crippen LogP contribution in [-0.4, -0.2) is 12.0 Å². The SMILES string of the molecule is CC1Oc2ccc(NC(C)c3ccccc3Cl)cc2NC1=O. The van der Waals surface area contributed by atoms with Gasteiger partial charge >= 0.3 is 0 Å². The zero-order chi connectivity index (χ0) is 15.7. The van der Waals surface area contributed by atoms with Crippen molar-refractivity contribution in [3.05, 3.63) is 53.1 Å². The Balaban J connectivity index is 1.81. The molecule has 0 bridgehead atoms. The summed E-state index contributed by atoms with van der Waals surface area (Å²) >= 11 is 6.22. The highest BCUT2D eigenvalue weighted by atomic mass is 35.5. The van der Waals surface area contributed by atoms with Crippen molar-refractivity contribution in [2.24, 2.45) is 0 Å². The standard InChI is InChI=1S/C17H17ClN2O2/c1-10(13-5-3-4-6-14(13)18)19-12-7-8-16-15(9-12)20-17(21)11(2)22-16/h3-11,19H,1-2H3,(H,20,21). The predicted octanol–water partition coefficient (Wildman–Crippen LogP) is 4.23. The van der Waals surface area contributed by atoms with Crippen molar-refractivity contribution in [1.82, 2.24) is 0 Å². The molecule has 0 fully saturated rings. The number of fused-ring (bicyclic) bond motifs is 1. The first-order valence-electron chi connectivity index (χ1n) is 7.17. The summed E-state index contributed by atoms with van der Waals surface area (Å²) in [6.07, 6.45) is -0.464. The Morgan fingerprint density at radius 2 is 2.05 bits per heavy atom. The van der Waals surface area contributed by atoms with Crippen LogP contribution in [0.5, 0.6) is 5.75 Å². The number of benzene rings is 2. The van der Waals surface area contributed by atoms with E-state index in [2.05, 4.69) is 10.6 Å². The molecule has 22 heavy (non-hydrogen) atoms. The lowest BCUT2D eigenvalue weighted by atomic mass is 10.1. The van der Waals surface area contributed by atoms with E-state index in [9.17, 15) is 4.79 Å². The van der Waals surface area contributed by atoms with Gasteiger partial charge < -0.3 is 15.4 Å². The number of amides is 1. The number of carbonyl (C=O) groups is 1. The summed E-state index contributed by atoms with van der Waals surface area (Å²) in [5.74, 6) is 0.548. The smallest absolute Gasteiger partial charge is 0.265 e. The van der Waals surface area contributed by atoms with Crippen LogP contribution in [0.4, 0.5) is 11.4 Å². The maximum absolute atomic E-state index is 11.7. The van der Waals surface area contributed by atoms with Crippen molar-refractivity contribution in [3.8, 4) is 5.75 Å². The molecule has 2 aromatic carbocycles. The Hall–Kier alpha value is -2.20. The molecule has 0 saturated heterocycles. The maximum atomic E-state index is 11.7. The first kappa shape index (κ1) is 14.7. The Bertz CT molecular complexity index is 718. The van der Waals surface area contributed by atoms with Gasteiger partial charge in [-0.1, -0.05) is 29.8 Å². The van der Waals surface area contributed by atoms with Gasteiger partial charge in [0.25, 0.3) is 5.91 Å². The van der Waals surface area contributed by atoms with Gasteiger partial charge in [-0.25, -0.2) is 0 Å². The lowest BCUT2D eigenvalue weighted by Gasteiger charge is -2.24. The molecule has 4 nitrogen and oxygen atoms in total. The van der Waals surface area contributed by atoms with Gasteiger partial charge in [-0.3, -0.25) is 4.79 Å². The predicted molar refractivity (Wildman–Crippen MR) is 88.7 cm³/mol. The molecular formula is C17H17ClN2O2. The van der Waals surface area contributed by atoms with Crippen LogP contribution in [0, 0.1) is 0 Å². The molecule has 1 aliphatic rings. The van der Waals surface area contributed by atoms with Gasteiger partial charge in [0.2, 0.25) is 0 Å². The monoisotopic (exact) mass is 316 g/mol. The number of hydrogen-bond acceptors (Lipinski definition) is 3. The Labute approximate surface area is 134 Å². The minimum atomic E-state index is -0.464. The molecule has 3 rings (SSSR count). The van der Waals surface area contributed by atoms with E-state index in [0.717, 1.165) is 16.3 Å². The van der Waals surface area contributed by atoms with Gasteiger partial charge in [0.05, 0.1) is 5.69 Å². The summed E-state index contributed by atoms with van der Waals surface area (Å²) in [5, 5.41) is 6.96. The number of carbonyl (C=O) groups excluding carboxylic acids is 1. The van der Waals surface area contributed by atoms with E-state index < -0.39 is 6.10 Å². The van der Waals surface area contributed by atoms with Crippen molar-refractivity contribution >= 4 is 28.9 Å². The Morgan fingerprint density at radius 3 is 2.82 bits per heavy atom. The molecule has 2 N–H and O–H groups in total. The average Bonchev–Trinajstić information content (AvgIpc) is 2.49. The summed E-state index contributed by atoms with van der Waals surface area (Å²) in [7, 11) is 0. The van der Waals surface area contributed by atoms with E-state index in [4.69, 9.17) is 16.3 Å². The molecule has 2 atom stereocenters. The van der Waals surface area contributed by atoms with Crippen LogP contribution in [-0.2, 0) is 4.79 Å². The summed E-state index contributed by atoms with van der Waals surface area (Å²) in [6.45, 7) is 3.77. The quantitative estimate of drug-likeness (QED) is 0.890. The second-order valence-corrected chi connectivity index (χ2v) is 5.76. The van der Waals surface area contributed by atoms with Crippen LogP contribution >= 0.6 is 11.6 Å². The van der Waals surface area contributed by atoms with Gasteiger partial charge in [-0.15, -0.1) is 0 Å². The van der Waals surface area contributed by atoms with Crippen LogP contribution in [0.3, 0.4) is 0 Å². The van der Waals surface area contributed by atoms with E-state index in [-0.39, 0.29) is 11.9 Å². The third-order valence-electron chi connectivity index (χ3n) is 3.67. The van der Waals surface area contributed by atoms with E-state index in [1.54, 1.807) is 6.92 Å². The summed E-state index contributed by atoms with van der Waals surface area (Å²) in [5.41, 5.74) is 2.60. The molecule has 2 unspecified atom stereocenters. The van der Waals surface area contributed by atoms with Crippen LogP contribution in [0.2, 0.25) is 5.02 Å². The normalized spacial score (nSPS) is 18.0.